The van der Waals surface area contributed by atoms with Crippen molar-refractivity contribution in [3.63, 3.8) is 0 Å². The van der Waals surface area contributed by atoms with Crippen LogP contribution in [0.4, 0.5) is 22.0 Å². The molecule has 30 heavy (non-hydrogen) atoms. The van der Waals surface area contributed by atoms with E-state index in [4.69, 9.17) is 11.6 Å². The molecule has 1 aromatic heterocycles. The normalized spacial score (nSPS) is 13.7. The number of nitrogens with zero attached hydrogens (tertiary/aromatic N) is 3. The second kappa shape index (κ2) is 9.13. The molecule has 0 atom stereocenters. The van der Waals surface area contributed by atoms with Gasteiger partial charge in [-0.25, -0.2) is 4.79 Å². The van der Waals surface area contributed by atoms with Crippen LogP contribution in [-0.2, 0) is 0 Å². The first-order valence-electron chi connectivity index (χ1n) is 10.1. The largest absolute Gasteiger partial charge is 0.355 e. The summed E-state index contributed by atoms with van der Waals surface area (Å²) in [5.41, 5.74) is 3.93. The molecular formula is C23H24ClN5O. The van der Waals surface area contributed by atoms with Crippen molar-refractivity contribution in [2.24, 2.45) is 0 Å². The Hall–Kier alpha value is -3.12. The minimum absolute atomic E-state index is 0.335. The molecule has 2 heterocycles. The topological polar surface area (TPSA) is 70.2 Å². The van der Waals surface area contributed by atoms with Gasteiger partial charge in [0.2, 0.25) is 0 Å². The van der Waals surface area contributed by atoms with E-state index in [-0.39, 0.29) is 6.03 Å². The average Bonchev–Trinajstić information content (AvgIpc) is 2.77. The smallest absolute Gasteiger partial charge is 0.323 e. The fourth-order valence-electron chi connectivity index (χ4n) is 3.49. The summed E-state index contributed by atoms with van der Waals surface area (Å²) in [7, 11) is 0. The SMILES string of the molecule is Cc1ccc(NC(=O)Nc2cccc(-c3ccc(N4CCCCC4)nn3)c2)cc1Cl. The van der Waals surface area contributed by atoms with Crippen LogP contribution in [0.15, 0.2) is 54.6 Å². The summed E-state index contributed by atoms with van der Waals surface area (Å²) in [6.45, 7) is 3.99. The van der Waals surface area contributed by atoms with Gasteiger partial charge in [-0.1, -0.05) is 29.8 Å². The fourth-order valence-corrected chi connectivity index (χ4v) is 3.67. The molecular weight excluding hydrogens is 398 g/mol. The van der Waals surface area contributed by atoms with E-state index >= 15 is 0 Å². The van der Waals surface area contributed by atoms with Gasteiger partial charge in [-0.05, 0) is 68.1 Å². The van der Waals surface area contributed by atoms with Gasteiger partial charge in [-0.2, -0.15) is 0 Å². The molecule has 1 aliphatic rings. The van der Waals surface area contributed by atoms with E-state index in [1.807, 2.05) is 55.5 Å². The third-order valence-corrected chi connectivity index (χ3v) is 5.58. The Kier molecular flexibility index (Phi) is 6.14. The highest BCUT2D eigenvalue weighted by molar-refractivity contribution is 6.31. The number of carbonyl (C=O) groups is 1. The van der Waals surface area contributed by atoms with Crippen molar-refractivity contribution in [2.45, 2.75) is 26.2 Å². The molecule has 3 aromatic rings. The number of halogens is 1. The predicted molar refractivity (Wildman–Crippen MR) is 122 cm³/mol. The number of benzene rings is 2. The first-order valence-corrected chi connectivity index (χ1v) is 10.5. The number of urea groups is 1. The molecule has 1 fully saturated rings. The van der Waals surface area contributed by atoms with Crippen molar-refractivity contribution in [2.75, 3.05) is 28.6 Å². The zero-order valence-corrected chi connectivity index (χ0v) is 17.6. The van der Waals surface area contributed by atoms with Crippen LogP contribution in [0.5, 0.6) is 0 Å². The zero-order valence-electron chi connectivity index (χ0n) is 16.9. The molecule has 0 radical (unpaired) electrons. The minimum atomic E-state index is -0.335. The quantitative estimate of drug-likeness (QED) is 0.563. The number of piperidine rings is 1. The fraction of sp³-hybridized carbons (Fsp3) is 0.261. The van der Waals surface area contributed by atoms with Crippen LogP contribution in [-0.4, -0.2) is 29.3 Å². The van der Waals surface area contributed by atoms with E-state index in [0.29, 0.717) is 16.4 Å². The third kappa shape index (κ3) is 4.89. The number of rotatable bonds is 4. The molecule has 0 spiro atoms. The van der Waals surface area contributed by atoms with Gasteiger partial charge in [0.1, 0.15) is 0 Å². The number of carbonyl (C=O) groups excluding carboxylic acids is 1. The number of amides is 2. The summed E-state index contributed by atoms with van der Waals surface area (Å²) in [5, 5.41) is 15.1. The Labute approximate surface area is 181 Å². The molecule has 2 amide bonds. The van der Waals surface area contributed by atoms with Crippen LogP contribution in [0.2, 0.25) is 5.02 Å². The van der Waals surface area contributed by atoms with Crippen LogP contribution in [0.3, 0.4) is 0 Å². The highest BCUT2D eigenvalue weighted by atomic mass is 35.5. The molecule has 0 unspecified atom stereocenters. The molecule has 2 N–H and O–H groups in total. The monoisotopic (exact) mass is 421 g/mol. The Bertz CT molecular complexity index is 1030. The third-order valence-electron chi connectivity index (χ3n) is 5.18. The minimum Gasteiger partial charge on any atom is -0.355 e. The maximum Gasteiger partial charge on any atom is 0.323 e. The zero-order chi connectivity index (χ0) is 20.9. The Morgan fingerprint density at radius 2 is 1.70 bits per heavy atom. The lowest BCUT2D eigenvalue weighted by Crippen LogP contribution is -2.30. The van der Waals surface area contributed by atoms with Crippen LogP contribution in [0, 0.1) is 6.92 Å². The number of hydrogen-bond donors (Lipinski definition) is 2. The Morgan fingerprint density at radius 1 is 0.933 bits per heavy atom. The number of anilines is 3. The summed E-state index contributed by atoms with van der Waals surface area (Å²) in [5.74, 6) is 0.920. The first-order chi connectivity index (χ1) is 14.6. The van der Waals surface area contributed by atoms with Crippen molar-refractivity contribution in [3.8, 4) is 11.3 Å². The van der Waals surface area contributed by atoms with Crippen LogP contribution in [0.1, 0.15) is 24.8 Å². The van der Waals surface area contributed by atoms with Gasteiger partial charge in [0.05, 0.1) is 5.69 Å². The van der Waals surface area contributed by atoms with E-state index < -0.39 is 0 Å². The van der Waals surface area contributed by atoms with Crippen molar-refractivity contribution < 1.29 is 4.79 Å². The number of aromatic nitrogens is 2. The lowest BCUT2D eigenvalue weighted by molar-refractivity contribution is 0.262. The van der Waals surface area contributed by atoms with Gasteiger partial charge < -0.3 is 15.5 Å². The van der Waals surface area contributed by atoms with Gasteiger partial charge in [0.15, 0.2) is 5.82 Å². The number of hydrogen-bond acceptors (Lipinski definition) is 4. The molecule has 6 nitrogen and oxygen atoms in total. The Morgan fingerprint density at radius 3 is 2.40 bits per heavy atom. The maximum absolute atomic E-state index is 12.3. The van der Waals surface area contributed by atoms with E-state index in [1.165, 1.54) is 19.3 Å². The van der Waals surface area contributed by atoms with E-state index in [0.717, 1.165) is 35.7 Å². The standard InChI is InChI=1S/C23H24ClN5O/c1-16-8-9-19(15-20(16)24)26-23(30)25-18-7-5-6-17(14-18)21-10-11-22(28-27-21)29-12-3-2-4-13-29/h5-11,14-15H,2-4,12-13H2,1H3,(H2,25,26,30). The average molecular weight is 422 g/mol. The Balaban J connectivity index is 1.43. The molecule has 0 aliphatic carbocycles. The van der Waals surface area contributed by atoms with Crippen LogP contribution in [0.25, 0.3) is 11.3 Å². The molecule has 4 rings (SSSR count). The van der Waals surface area contributed by atoms with Crippen LogP contribution < -0.4 is 15.5 Å². The number of aryl methyl sites for hydroxylation is 1. The van der Waals surface area contributed by atoms with Crippen LogP contribution >= 0.6 is 11.6 Å². The molecule has 7 heteroatoms. The molecule has 1 saturated heterocycles. The van der Waals surface area contributed by atoms with E-state index in [2.05, 4.69) is 25.7 Å². The molecule has 1 aliphatic heterocycles. The van der Waals surface area contributed by atoms with Crippen molar-refractivity contribution in [1.82, 2.24) is 10.2 Å². The lowest BCUT2D eigenvalue weighted by Gasteiger charge is -2.27. The van der Waals surface area contributed by atoms with Gasteiger partial charge in [0.25, 0.3) is 0 Å². The van der Waals surface area contributed by atoms with Crippen molar-refractivity contribution >= 4 is 34.8 Å². The number of nitrogens with one attached hydrogen (secondary N) is 2. The van der Waals surface area contributed by atoms with Gasteiger partial charge in [0, 0.05) is 35.1 Å². The van der Waals surface area contributed by atoms with Crippen molar-refractivity contribution in [3.05, 3.63) is 65.2 Å². The second-order valence-corrected chi connectivity index (χ2v) is 7.86. The van der Waals surface area contributed by atoms with E-state index in [9.17, 15) is 4.79 Å². The summed E-state index contributed by atoms with van der Waals surface area (Å²) < 4.78 is 0. The highest BCUT2D eigenvalue weighted by Gasteiger charge is 2.13. The molecule has 154 valence electrons. The summed E-state index contributed by atoms with van der Waals surface area (Å²) >= 11 is 6.12. The molecule has 0 saturated carbocycles. The highest BCUT2D eigenvalue weighted by Crippen LogP contribution is 2.24. The lowest BCUT2D eigenvalue weighted by atomic mass is 10.1. The van der Waals surface area contributed by atoms with Crippen molar-refractivity contribution in [1.29, 1.82) is 0 Å². The van der Waals surface area contributed by atoms with E-state index in [1.54, 1.807) is 6.07 Å². The van der Waals surface area contributed by atoms with Gasteiger partial charge >= 0.3 is 6.03 Å². The predicted octanol–water partition coefficient (Wildman–Crippen LogP) is 5.74. The van der Waals surface area contributed by atoms with Gasteiger partial charge in [-0.15, -0.1) is 10.2 Å². The summed E-state index contributed by atoms with van der Waals surface area (Å²) in [6.07, 6.45) is 3.69. The first kappa shape index (κ1) is 20.2. The maximum atomic E-state index is 12.3. The van der Waals surface area contributed by atoms with Gasteiger partial charge in [-0.3, -0.25) is 0 Å². The molecule has 2 aromatic carbocycles. The summed E-state index contributed by atoms with van der Waals surface area (Å²) in [4.78, 5) is 14.6. The second-order valence-electron chi connectivity index (χ2n) is 7.45. The molecule has 0 bridgehead atoms. The summed E-state index contributed by atoms with van der Waals surface area (Å²) in [6, 6.07) is 16.6.